The summed E-state index contributed by atoms with van der Waals surface area (Å²) in [4.78, 5) is 25.3. The predicted molar refractivity (Wildman–Crippen MR) is 131 cm³/mol. The molecule has 0 spiro atoms. The third-order valence-electron chi connectivity index (χ3n) is 5.02. The number of carbonyl (C=O) groups is 1. The molecule has 4 nitrogen and oxygen atoms in total. The van der Waals surface area contributed by atoms with Gasteiger partial charge in [0.2, 0.25) is 5.91 Å². The maximum Gasteiger partial charge on any atom is 0.229 e. The number of anilines is 1. The van der Waals surface area contributed by atoms with Gasteiger partial charge in [-0.3, -0.25) is 14.7 Å². The van der Waals surface area contributed by atoms with Crippen LogP contribution in [-0.2, 0) is 11.3 Å². The van der Waals surface area contributed by atoms with Gasteiger partial charge in [-0.05, 0) is 61.7 Å². The summed E-state index contributed by atoms with van der Waals surface area (Å²) in [5.74, 6) is 0.811. The number of amides is 1. The average molecular weight is 448 g/mol. The van der Waals surface area contributed by atoms with Crippen LogP contribution in [0.2, 0.25) is 0 Å². The normalized spacial score (nSPS) is 11.1. The van der Waals surface area contributed by atoms with E-state index in [4.69, 9.17) is 4.98 Å². The summed E-state index contributed by atoms with van der Waals surface area (Å²) in [7, 11) is 0. The number of benzene rings is 2. The molecule has 0 radical (unpaired) electrons. The highest BCUT2D eigenvalue weighted by molar-refractivity contribution is 7.99. The smallest absolute Gasteiger partial charge is 0.229 e. The summed E-state index contributed by atoms with van der Waals surface area (Å²) >= 11 is 3.29. The Morgan fingerprint density at radius 3 is 2.61 bits per heavy atom. The minimum Gasteiger partial charge on any atom is -0.284 e. The summed E-state index contributed by atoms with van der Waals surface area (Å²) in [6.07, 6.45) is 4.01. The van der Waals surface area contributed by atoms with E-state index in [-0.39, 0.29) is 5.91 Å². The van der Waals surface area contributed by atoms with Gasteiger partial charge in [0.25, 0.3) is 0 Å². The van der Waals surface area contributed by atoms with E-state index in [1.165, 1.54) is 16.0 Å². The number of aromatic nitrogens is 2. The van der Waals surface area contributed by atoms with Crippen LogP contribution in [0.5, 0.6) is 0 Å². The lowest BCUT2D eigenvalue weighted by molar-refractivity contribution is -0.118. The van der Waals surface area contributed by atoms with Crippen LogP contribution in [0.4, 0.5) is 5.13 Å². The maximum absolute atomic E-state index is 13.3. The summed E-state index contributed by atoms with van der Waals surface area (Å²) < 4.78 is 1.12. The van der Waals surface area contributed by atoms with Gasteiger partial charge in [-0.2, -0.15) is 0 Å². The van der Waals surface area contributed by atoms with Crippen molar-refractivity contribution >= 4 is 44.4 Å². The first-order chi connectivity index (χ1) is 15.0. The zero-order valence-electron chi connectivity index (χ0n) is 18.0. The first kappa shape index (κ1) is 21.5. The van der Waals surface area contributed by atoms with Crippen LogP contribution in [0, 0.1) is 20.8 Å². The van der Waals surface area contributed by atoms with Crippen molar-refractivity contribution in [3.05, 3.63) is 83.2 Å². The van der Waals surface area contributed by atoms with Gasteiger partial charge in [0.05, 0.1) is 16.8 Å². The van der Waals surface area contributed by atoms with E-state index < -0.39 is 0 Å². The highest BCUT2D eigenvalue weighted by atomic mass is 32.2. The molecule has 0 aliphatic carbocycles. The second-order valence-corrected chi connectivity index (χ2v) is 9.86. The van der Waals surface area contributed by atoms with Crippen molar-refractivity contribution in [3.8, 4) is 0 Å². The minimum absolute atomic E-state index is 0.0805. The molecule has 0 fully saturated rings. The quantitative estimate of drug-likeness (QED) is 0.311. The SMILES string of the molecule is Cc1ccc(SCCC(=O)N(Cc2cccnc2)c2nc3c(C)cc(C)cc3s2)cc1. The van der Waals surface area contributed by atoms with Crippen LogP contribution in [0.25, 0.3) is 10.2 Å². The summed E-state index contributed by atoms with van der Waals surface area (Å²) in [6, 6.07) is 16.6. The number of carbonyl (C=O) groups excluding carboxylic acids is 1. The van der Waals surface area contributed by atoms with Crippen molar-refractivity contribution < 1.29 is 4.79 Å². The third-order valence-corrected chi connectivity index (χ3v) is 7.06. The van der Waals surface area contributed by atoms with E-state index in [1.807, 2.05) is 23.2 Å². The molecule has 0 atom stereocenters. The molecule has 2 aromatic carbocycles. The van der Waals surface area contributed by atoms with E-state index in [9.17, 15) is 4.79 Å². The first-order valence-electron chi connectivity index (χ1n) is 10.3. The molecule has 2 heterocycles. The fourth-order valence-corrected chi connectivity index (χ4v) is 5.44. The van der Waals surface area contributed by atoms with Gasteiger partial charge in [-0.15, -0.1) is 11.8 Å². The van der Waals surface area contributed by atoms with Crippen LogP contribution < -0.4 is 4.90 Å². The Hall–Kier alpha value is -2.70. The van der Waals surface area contributed by atoms with Gasteiger partial charge >= 0.3 is 0 Å². The van der Waals surface area contributed by atoms with Gasteiger partial charge in [0.1, 0.15) is 0 Å². The summed E-state index contributed by atoms with van der Waals surface area (Å²) in [5, 5.41) is 0.748. The molecule has 0 aliphatic heterocycles. The molecule has 4 aromatic rings. The van der Waals surface area contributed by atoms with Crippen LogP contribution in [0.1, 0.15) is 28.7 Å². The van der Waals surface area contributed by atoms with E-state index in [1.54, 1.807) is 29.3 Å². The number of aryl methyl sites for hydroxylation is 3. The molecule has 1 amide bonds. The molecule has 0 bridgehead atoms. The predicted octanol–water partition coefficient (Wildman–Crippen LogP) is 6.33. The van der Waals surface area contributed by atoms with Crippen LogP contribution in [0.15, 0.2) is 65.8 Å². The number of nitrogens with zero attached hydrogens (tertiary/aromatic N) is 3. The molecule has 0 unspecified atom stereocenters. The Bertz CT molecular complexity index is 1190. The fourth-order valence-electron chi connectivity index (χ4n) is 3.44. The van der Waals surface area contributed by atoms with Crippen molar-refractivity contribution in [2.75, 3.05) is 10.7 Å². The number of thioether (sulfide) groups is 1. The minimum atomic E-state index is 0.0805. The number of hydrogen-bond acceptors (Lipinski definition) is 5. The molecule has 2 aromatic heterocycles. The van der Waals surface area contributed by atoms with Gasteiger partial charge in [0.15, 0.2) is 5.13 Å². The Labute approximate surface area is 191 Å². The zero-order chi connectivity index (χ0) is 21.8. The monoisotopic (exact) mass is 447 g/mol. The molecule has 4 rings (SSSR count). The molecule has 31 heavy (non-hydrogen) atoms. The van der Waals surface area contributed by atoms with Crippen molar-refractivity contribution in [2.45, 2.75) is 38.6 Å². The molecule has 158 valence electrons. The second-order valence-electron chi connectivity index (χ2n) is 7.68. The highest BCUT2D eigenvalue weighted by Gasteiger charge is 2.21. The molecular formula is C25H25N3OS2. The van der Waals surface area contributed by atoms with E-state index in [0.717, 1.165) is 32.2 Å². The molecule has 0 saturated carbocycles. The third kappa shape index (κ3) is 5.32. The van der Waals surface area contributed by atoms with Gasteiger partial charge in [0, 0.05) is 29.5 Å². The Kier molecular flexibility index (Phi) is 6.68. The van der Waals surface area contributed by atoms with Crippen molar-refractivity contribution in [1.82, 2.24) is 9.97 Å². The van der Waals surface area contributed by atoms with Gasteiger partial charge in [-0.1, -0.05) is 41.2 Å². The number of thiazole rings is 1. The van der Waals surface area contributed by atoms with E-state index in [0.29, 0.717) is 13.0 Å². The number of hydrogen-bond donors (Lipinski definition) is 0. The number of rotatable bonds is 7. The highest BCUT2D eigenvalue weighted by Crippen LogP contribution is 2.33. The lowest BCUT2D eigenvalue weighted by Gasteiger charge is -2.20. The zero-order valence-corrected chi connectivity index (χ0v) is 19.6. The molecule has 0 saturated heterocycles. The van der Waals surface area contributed by atoms with Crippen LogP contribution in [-0.4, -0.2) is 21.6 Å². The average Bonchev–Trinajstić information content (AvgIpc) is 3.18. The molecule has 0 aliphatic rings. The van der Waals surface area contributed by atoms with Crippen molar-refractivity contribution in [1.29, 1.82) is 0 Å². The van der Waals surface area contributed by atoms with Gasteiger partial charge < -0.3 is 0 Å². The molecule has 6 heteroatoms. The summed E-state index contributed by atoms with van der Waals surface area (Å²) in [6.45, 7) is 6.71. The lowest BCUT2D eigenvalue weighted by atomic mass is 10.1. The summed E-state index contributed by atoms with van der Waals surface area (Å²) in [5.41, 5.74) is 5.56. The van der Waals surface area contributed by atoms with Crippen molar-refractivity contribution in [2.24, 2.45) is 0 Å². The van der Waals surface area contributed by atoms with Crippen LogP contribution >= 0.6 is 23.1 Å². The van der Waals surface area contributed by atoms with Gasteiger partial charge in [-0.25, -0.2) is 4.98 Å². The molecule has 0 N–H and O–H groups in total. The first-order valence-corrected chi connectivity index (χ1v) is 12.1. The topological polar surface area (TPSA) is 46.1 Å². The van der Waals surface area contributed by atoms with E-state index >= 15 is 0 Å². The maximum atomic E-state index is 13.3. The van der Waals surface area contributed by atoms with Crippen molar-refractivity contribution in [3.63, 3.8) is 0 Å². The largest absolute Gasteiger partial charge is 0.284 e. The number of pyridine rings is 1. The Morgan fingerprint density at radius 1 is 1.06 bits per heavy atom. The van der Waals surface area contributed by atoms with E-state index in [2.05, 4.69) is 62.2 Å². The fraction of sp³-hybridized carbons (Fsp3) is 0.240. The Morgan fingerprint density at radius 2 is 1.87 bits per heavy atom. The standard InChI is InChI=1S/C25H25N3OS2/c1-17-6-8-21(9-7-17)30-12-10-23(29)28(16-20-5-4-11-26-15-20)25-27-24-19(3)13-18(2)14-22(24)31-25/h4-9,11,13-15H,10,12,16H2,1-3H3. The second kappa shape index (κ2) is 9.62. The molecular weight excluding hydrogens is 422 g/mol. The lowest BCUT2D eigenvalue weighted by Crippen LogP contribution is -2.30. The van der Waals surface area contributed by atoms with Crippen LogP contribution in [0.3, 0.4) is 0 Å². The Balaban J connectivity index is 1.55. The number of fused-ring (bicyclic) bond motifs is 1.